The van der Waals surface area contributed by atoms with Crippen molar-refractivity contribution >= 4 is 0 Å². The summed E-state index contributed by atoms with van der Waals surface area (Å²) in [7, 11) is 3.37. The van der Waals surface area contributed by atoms with Crippen LogP contribution < -0.4 is 9.47 Å². The minimum Gasteiger partial charge on any atom is -0.496 e. The van der Waals surface area contributed by atoms with Crippen molar-refractivity contribution in [3.8, 4) is 17.2 Å². The van der Waals surface area contributed by atoms with Crippen LogP contribution in [0.25, 0.3) is 0 Å². The second kappa shape index (κ2) is 6.44. The molecule has 0 fully saturated rings. The Bertz CT molecular complexity index is 574. The van der Waals surface area contributed by atoms with E-state index in [2.05, 4.69) is 0 Å². The average molecular weight is 272 g/mol. The van der Waals surface area contributed by atoms with E-state index >= 15 is 0 Å². The standard InChI is InChI=1S/C17H20O3/c1-12-10-17(13(2)9-16(12)19-4)20-15-7-5-14(6-8-15)11-18-3/h5-10H,11H2,1-4H3. The van der Waals surface area contributed by atoms with Crippen LogP contribution in [-0.4, -0.2) is 14.2 Å². The summed E-state index contributed by atoms with van der Waals surface area (Å²) in [5.41, 5.74) is 3.24. The van der Waals surface area contributed by atoms with Gasteiger partial charge < -0.3 is 14.2 Å². The number of hydrogen-bond acceptors (Lipinski definition) is 3. The summed E-state index contributed by atoms with van der Waals surface area (Å²) in [6.07, 6.45) is 0. The first-order valence-electron chi connectivity index (χ1n) is 6.55. The summed E-state index contributed by atoms with van der Waals surface area (Å²) in [6.45, 7) is 4.63. The Morgan fingerprint density at radius 2 is 1.45 bits per heavy atom. The summed E-state index contributed by atoms with van der Waals surface area (Å²) in [5.74, 6) is 2.55. The van der Waals surface area contributed by atoms with E-state index in [0.29, 0.717) is 6.61 Å². The van der Waals surface area contributed by atoms with E-state index in [0.717, 1.165) is 33.9 Å². The predicted molar refractivity (Wildman–Crippen MR) is 79.7 cm³/mol. The molecular formula is C17H20O3. The fourth-order valence-corrected chi connectivity index (χ4v) is 2.04. The molecule has 0 heterocycles. The monoisotopic (exact) mass is 272 g/mol. The van der Waals surface area contributed by atoms with Crippen molar-refractivity contribution in [2.45, 2.75) is 20.5 Å². The topological polar surface area (TPSA) is 27.7 Å². The Hall–Kier alpha value is -2.00. The summed E-state index contributed by atoms with van der Waals surface area (Å²) < 4.78 is 16.3. The van der Waals surface area contributed by atoms with Gasteiger partial charge in [0.1, 0.15) is 17.2 Å². The van der Waals surface area contributed by atoms with Crippen LogP contribution in [0.2, 0.25) is 0 Å². The number of benzene rings is 2. The largest absolute Gasteiger partial charge is 0.496 e. The van der Waals surface area contributed by atoms with Crippen LogP contribution in [0, 0.1) is 13.8 Å². The molecule has 0 N–H and O–H groups in total. The van der Waals surface area contributed by atoms with Gasteiger partial charge in [0.15, 0.2) is 0 Å². The van der Waals surface area contributed by atoms with Gasteiger partial charge in [0.2, 0.25) is 0 Å². The van der Waals surface area contributed by atoms with E-state index < -0.39 is 0 Å². The third kappa shape index (κ3) is 3.31. The van der Waals surface area contributed by atoms with Crippen molar-refractivity contribution in [2.24, 2.45) is 0 Å². The summed E-state index contributed by atoms with van der Waals surface area (Å²) in [5, 5.41) is 0. The van der Waals surface area contributed by atoms with Gasteiger partial charge in [-0.2, -0.15) is 0 Å². The molecule has 0 aromatic heterocycles. The van der Waals surface area contributed by atoms with Gasteiger partial charge in [-0.1, -0.05) is 12.1 Å². The number of ether oxygens (including phenoxy) is 3. The Morgan fingerprint density at radius 1 is 0.850 bits per heavy atom. The molecule has 3 nitrogen and oxygen atoms in total. The highest BCUT2D eigenvalue weighted by atomic mass is 16.5. The average Bonchev–Trinajstić information content (AvgIpc) is 2.45. The molecule has 0 saturated heterocycles. The first-order chi connectivity index (χ1) is 9.63. The lowest BCUT2D eigenvalue weighted by Crippen LogP contribution is -1.93. The van der Waals surface area contributed by atoms with Gasteiger partial charge in [-0.05, 0) is 54.8 Å². The molecule has 2 aromatic carbocycles. The molecule has 20 heavy (non-hydrogen) atoms. The van der Waals surface area contributed by atoms with Crippen molar-refractivity contribution in [1.82, 2.24) is 0 Å². The van der Waals surface area contributed by atoms with Gasteiger partial charge in [0.25, 0.3) is 0 Å². The lowest BCUT2D eigenvalue weighted by molar-refractivity contribution is 0.185. The second-order valence-corrected chi connectivity index (χ2v) is 4.77. The highest BCUT2D eigenvalue weighted by molar-refractivity contribution is 5.47. The van der Waals surface area contributed by atoms with Gasteiger partial charge in [0.05, 0.1) is 13.7 Å². The molecule has 0 atom stereocenters. The summed E-state index contributed by atoms with van der Waals surface area (Å²) in [6, 6.07) is 11.9. The molecule has 0 unspecified atom stereocenters. The molecule has 0 spiro atoms. The molecule has 0 radical (unpaired) electrons. The van der Waals surface area contributed by atoms with Crippen molar-refractivity contribution < 1.29 is 14.2 Å². The normalized spacial score (nSPS) is 10.4. The first-order valence-corrected chi connectivity index (χ1v) is 6.55. The van der Waals surface area contributed by atoms with Crippen molar-refractivity contribution in [3.63, 3.8) is 0 Å². The Labute approximate surface area is 120 Å². The van der Waals surface area contributed by atoms with Gasteiger partial charge in [-0.25, -0.2) is 0 Å². The third-order valence-corrected chi connectivity index (χ3v) is 3.15. The lowest BCUT2D eigenvalue weighted by atomic mass is 10.1. The van der Waals surface area contributed by atoms with Crippen LogP contribution in [0.4, 0.5) is 0 Å². The maximum absolute atomic E-state index is 5.93. The second-order valence-electron chi connectivity index (χ2n) is 4.77. The van der Waals surface area contributed by atoms with Gasteiger partial charge in [-0.3, -0.25) is 0 Å². The van der Waals surface area contributed by atoms with Crippen LogP contribution in [0.1, 0.15) is 16.7 Å². The lowest BCUT2D eigenvalue weighted by Gasteiger charge is -2.12. The van der Waals surface area contributed by atoms with Crippen LogP contribution in [-0.2, 0) is 11.3 Å². The fourth-order valence-electron chi connectivity index (χ4n) is 2.04. The molecule has 0 amide bonds. The van der Waals surface area contributed by atoms with Crippen molar-refractivity contribution in [3.05, 3.63) is 53.1 Å². The zero-order chi connectivity index (χ0) is 14.5. The van der Waals surface area contributed by atoms with Crippen molar-refractivity contribution in [1.29, 1.82) is 0 Å². The van der Waals surface area contributed by atoms with Gasteiger partial charge >= 0.3 is 0 Å². The van der Waals surface area contributed by atoms with E-state index in [4.69, 9.17) is 14.2 Å². The number of hydrogen-bond donors (Lipinski definition) is 0. The van der Waals surface area contributed by atoms with E-state index in [1.54, 1.807) is 14.2 Å². The van der Waals surface area contributed by atoms with E-state index in [1.165, 1.54) is 0 Å². The molecule has 0 saturated carbocycles. The van der Waals surface area contributed by atoms with Gasteiger partial charge in [0, 0.05) is 7.11 Å². The maximum atomic E-state index is 5.93. The number of rotatable bonds is 5. The molecule has 0 bridgehead atoms. The minimum atomic E-state index is 0.612. The molecule has 2 rings (SSSR count). The first kappa shape index (κ1) is 14.4. The number of aryl methyl sites for hydroxylation is 2. The molecule has 0 aliphatic heterocycles. The molecular weight excluding hydrogens is 252 g/mol. The van der Waals surface area contributed by atoms with Crippen LogP contribution in [0.15, 0.2) is 36.4 Å². The quantitative estimate of drug-likeness (QED) is 0.814. The zero-order valence-electron chi connectivity index (χ0n) is 12.4. The van der Waals surface area contributed by atoms with E-state index in [-0.39, 0.29) is 0 Å². The smallest absolute Gasteiger partial charge is 0.130 e. The Balaban J connectivity index is 2.19. The van der Waals surface area contributed by atoms with E-state index in [1.807, 2.05) is 50.2 Å². The van der Waals surface area contributed by atoms with Crippen LogP contribution in [0.5, 0.6) is 17.2 Å². The molecule has 3 heteroatoms. The maximum Gasteiger partial charge on any atom is 0.130 e. The fraction of sp³-hybridized carbons (Fsp3) is 0.294. The molecule has 2 aromatic rings. The summed E-state index contributed by atoms with van der Waals surface area (Å²) >= 11 is 0. The third-order valence-electron chi connectivity index (χ3n) is 3.15. The number of methoxy groups -OCH3 is 2. The van der Waals surface area contributed by atoms with Crippen LogP contribution in [0.3, 0.4) is 0 Å². The van der Waals surface area contributed by atoms with Crippen LogP contribution >= 0.6 is 0 Å². The zero-order valence-corrected chi connectivity index (χ0v) is 12.4. The Morgan fingerprint density at radius 3 is 2.05 bits per heavy atom. The predicted octanol–water partition coefficient (Wildman–Crippen LogP) is 4.25. The van der Waals surface area contributed by atoms with Gasteiger partial charge in [-0.15, -0.1) is 0 Å². The highest BCUT2D eigenvalue weighted by Gasteiger charge is 2.07. The highest BCUT2D eigenvalue weighted by Crippen LogP contribution is 2.31. The summed E-state index contributed by atoms with van der Waals surface area (Å²) in [4.78, 5) is 0. The SMILES string of the molecule is COCc1ccc(Oc2cc(C)c(OC)cc2C)cc1. The van der Waals surface area contributed by atoms with Crippen molar-refractivity contribution in [2.75, 3.05) is 14.2 Å². The Kier molecular flexibility index (Phi) is 4.64. The van der Waals surface area contributed by atoms with E-state index in [9.17, 15) is 0 Å². The minimum absolute atomic E-state index is 0.612. The molecule has 0 aliphatic rings. The molecule has 0 aliphatic carbocycles. The molecule has 106 valence electrons.